The van der Waals surface area contributed by atoms with Gasteiger partial charge in [0.25, 0.3) is 0 Å². The molecule has 84 valence electrons. The average Bonchev–Trinajstić information content (AvgIpc) is 2.16. The molecule has 0 aliphatic heterocycles. The Morgan fingerprint density at radius 2 is 2.27 bits per heavy atom. The van der Waals surface area contributed by atoms with E-state index in [4.69, 9.17) is 10.5 Å². The average molecular weight is 210 g/mol. The van der Waals surface area contributed by atoms with Gasteiger partial charge in [-0.3, -0.25) is 0 Å². The van der Waals surface area contributed by atoms with E-state index >= 15 is 0 Å². The maximum atomic E-state index is 5.65. The van der Waals surface area contributed by atoms with Crippen LogP contribution in [0.15, 0.2) is 6.07 Å². The standard InChI is InChI=1S/C10H18N4O/c1-7(11)4-5-12-9-6-10(15-3)14-8(2)13-9/h6-7H,4-5,11H2,1-3H3,(H,12,13,14). The molecule has 1 aromatic heterocycles. The van der Waals surface area contributed by atoms with Gasteiger partial charge < -0.3 is 15.8 Å². The van der Waals surface area contributed by atoms with Crippen molar-refractivity contribution in [3.05, 3.63) is 11.9 Å². The second kappa shape index (κ2) is 5.50. The van der Waals surface area contributed by atoms with Gasteiger partial charge in [-0.15, -0.1) is 0 Å². The molecule has 0 amide bonds. The Bertz CT molecular complexity index is 314. The van der Waals surface area contributed by atoms with Crippen molar-refractivity contribution in [3.8, 4) is 5.88 Å². The first-order chi connectivity index (χ1) is 7.11. The van der Waals surface area contributed by atoms with Crippen molar-refractivity contribution < 1.29 is 4.74 Å². The van der Waals surface area contributed by atoms with Crippen molar-refractivity contribution in [1.82, 2.24) is 9.97 Å². The largest absolute Gasteiger partial charge is 0.481 e. The molecule has 5 nitrogen and oxygen atoms in total. The molecule has 1 rings (SSSR count). The number of rotatable bonds is 5. The fraction of sp³-hybridized carbons (Fsp3) is 0.600. The van der Waals surface area contributed by atoms with Crippen LogP contribution in [-0.4, -0.2) is 29.7 Å². The van der Waals surface area contributed by atoms with Crippen molar-refractivity contribution >= 4 is 5.82 Å². The Morgan fingerprint density at radius 1 is 1.53 bits per heavy atom. The lowest BCUT2D eigenvalue weighted by molar-refractivity contribution is 0.396. The van der Waals surface area contributed by atoms with Crippen LogP contribution in [0.2, 0.25) is 0 Å². The molecule has 1 heterocycles. The van der Waals surface area contributed by atoms with Gasteiger partial charge in [0.1, 0.15) is 11.6 Å². The number of nitrogens with one attached hydrogen (secondary N) is 1. The monoisotopic (exact) mass is 210 g/mol. The molecule has 0 bridgehead atoms. The summed E-state index contributed by atoms with van der Waals surface area (Å²) in [4.78, 5) is 8.33. The maximum Gasteiger partial charge on any atom is 0.218 e. The van der Waals surface area contributed by atoms with Gasteiger partial charge in [-0.1, -0.05) is 0 Å². The number of anilines is 1. The zero-order chi connectivity index (χ0) is 11.3. The number of ether oxygens (including phenoxy) is 1. The topological polar surface area (TPSA) is 73.1 Å². The van der Waals surface area contributed by atoms with Gasteiger partial charge in [0, 0.05) is 18.7 Å². The molecule has 0 aliphatic carbocycles. The molecule has 0 aromatic carbocycles. The van der Waals surface area contributed by atoms with E-state index in [1.165, 1.54) is 0 Å². The second-order valence-corrected chi connectivity index (χ2v) is 3.54. The van der Waals surface area contributed by atoms with Crippen LogP contribution in [0, 0.1) is 6.92 Å². The maximum absolute atomic E-state index is 5.65. The summed E-state index contributed by atoms with van der Waals surface area (Å²) in [6.07, 6.45) is 0.908. The Morgan fingerprint density at radius 3 is 2.87 bits per heavy atom. The van der Waals surface area contributed by atoms with Gasteiger partial charge in [-0.25, -0.2) is 4.98 Å². The summed E-state index contributed by atoms with van der Waals surface area (Å²) in [7, 11) is 1.59. The first-order valence-corrected chi connectivity index (χ1v) is 5.01. The van der Waals surface area contributed by atoms with E-state index < -0.39 is 0 Å². The Kier molecular flexibility index (Phi) is 4.30. The molecule has 15 heavy (non-hydrogen) atoms. The summed E-state index contributed by atoms with van der Waals surface area (Å²) >= 11 is 0. The number of nitrogens with two attached hydrogens (primary N) is 1. The van der Waals surface area contributed by atoms with Crippen LogP contribution in [0.5, 0.6) is 5.88 Å². The van der Waals surface area contributed by atoms with E-state index in [1.54, 1.807) is 13.2 Å². The third kappa shape index (κ3) is 4.12. The van der Waals surface area contributed by atoms with E-state index in [1.807, 2.05) is 13.8 Å². The smallest absolute Gasteiger partial charge is 0.218 e. The number of nitrogens with zero attached hydrogens (tertiary/aromatic N) is 2. The van der Waals surface area contributed by atoms with Crippen LogP contribution in [0.25, 0.3) is 0 Å². The summed E-state index contributed by atoms with van der Waals surface area (Å²) < 4.78 is 5.05. The quantitative estimate of drug-likeness (QED) is 0.756. The van der Waals surface area contributed by atoms with Crippen LogP contribution >= 0.6 is 0 Å². The Hall–Kier alpha value is -1.36. The third-order valence-electron chi connectivity index (χ3n) is 1.93. The van der Waals surface area contributed by atoms with Crippen molar-refractivity contribution in [2.75, 3.05) is 19.0 Å². The molecule has 0 aliphatic rings. The summed E-state index contributed by atoms with van der Waals surface area (Å²) in [6.45, 7) is 4.62. The zero-order valence-corrected chi connectivity index (χ0v) is 9.45. The molecule has 0 saturated carbocycles. The molecular weight excluding hydrogens is 192 g/mol. The van der Waals surface area contributed by atoms with Crippen LogP contribution in [0.4, 0.5) is 5.82 Å². The molecule has 1 atom stereocenters. The molecule has 3 N–H and O–H groups in total. The third-order valence-corrected chi connectivity index (χ3v) is 1.93. The summed E-state index contributed by atoms with van der Waals surface area (Å²) in [5.41, 5.74) is 5.65. The lowest BCUT2D eigenvalue weighted by atomic mass is 10.2. The minimum Gasteiger partial charge on any atom is -0.481 e. The van der Waals surface area contributed by atoms with E-state index in [2.05, 4.69) is 15.3 Å². The highest BCUT2D eigenvalue weighted by molar-refractivity contribution is 5.38. The molecule has 0 fully saturated rings. The van der Waals surface area contributed by atoms with Gasteiger partial charge in [0.15, 0.2) is 0 Å². The van der Waals surface area contributed by atoms with Gasteiger partial charge in [0.05, 0.1) is 7.11 Å². The highest BCUT2D eigenvalue weighted by Crippen LogP contribution is 2.12. The van der Waals surface area contributed by atoms with Gasteiger partial charge in [-0.2, -0.15) is 4.98 Å². The molecule has 0 saturated heterocycles. The lowest BCUT2D eigenvalue weighted by Gasteiger charge is -2.09. The first-order valence-electron chi connectivity index (χ1n) is 5.01. The SMILES string of the molecule is COc1cc(NCCC(C)N)nc(C)n1. The van der Waals surface area contributed by atoms with Crippen LogP contribution in [0.3, 0.4) is 0 Å². The van der Waals surface area contributed by atoms with E-state index in [0.717, 1.165) is 18.8 Å². The second-order valence-electron chi connectivity index (χ2n) is 3.54. The molecule has 1 aromatic rings. The van der Waals surface area contributed by atoms with Crippen LogP contribution in [0.1, 0.15) is 19.2 Å². The minimum absolute atomic E-state index is 0.197. The zero-order valence-electron chi connectivity index (χ0n) is 9.45. The fourth-order valence-corrected chi connectivity index (χ4v) is 1.16. The van der Waals surface area contributed by atoms with Crippen molar-refractivity contribution in [1.29, 1.82) is 0 Å². The number of hydrogen-bond acceptors (Lipinski definition) is 5. The fourth-order valence-electron chi connectivity index (χ4n) is 1.16. The molecule has 5 heteroatoms. The van der Waals surface area contributed by atoms with Gasteiger partial charge >= 0.3 is 0 Å². The summed E-state index contributed by atoms with van der Waals surface area (Å²) in [6, 6.07) is 1.97. The van der Waals surface area contributed by atoms with Crippen molar-refractivity contribution in [2.24, 2.45) is 5.73 Å². The molecule has 0 spiro atoms. The Labute approximate surface area is 90.1 Å². The normalized spacial score (nSPS) is 12.3. The predicted octanol–water partition coefficient (Wildman–Crippen LogP) is 0.943. The van der Waals surface area contributed by atoms with E-state index in [0.29, 0.717) is 11.7 Å². The lowest BCUT2D eigenvalue weighted by Crippen LogP contribution is -2.19. The highest BCUT2D eigenvalue weighted by atomic mass is 16.5. The number of aryl methyl sites for hydroxylation is 1. The predicted molar refractivity (Wildman–Crippen MR) is 60.1 cm³/mol. The number of aromatic nitrogens is 2. The van der Waals surface area contributed by atoms with Crippen molar-refractivity contribution in [3.63, 3.8) is 0 Å². The van der Waals surface area contributed by atoms with Crippen molar-refractivity contribution in [2.45, 2.75) is 26.3 Å². The first kappa shape index (κ1) is 11.7. The van der Waals surface area contributed by atoms with Gasteiger partial charge in [0.2, 0.25) is 5.88 Å². The highest BCUT2D eigenvalue weighted by Gasteiger charge is 2.01. The van der Waals surface area contributed by atoms with Gasteiger partial charge in [-0.05, 0) is 20.3 Å². The molecule has 1 unspecified atom stereocenters. The van der Waals surface area contributed by atoms with E-state index in [9.17, 15) is 0 Å². The molecule has 0 radical (unpaired) electrons. The van der Waals surface area contributed by atoms with Crippen LogP contribution < -0.4 is 15.8 Å². The summed E-state index contributed by atoms with van der Waals surface area (Å²) in [5, 5.41) is 3.18. The Balaban J connectivity index is 2.56. The number of hydrogen-bond donors (Lipinski definition) is 2. The molecular formula is C10H18N4O. The summed E-state index contributed by atoms with van der Waals surface area (Å²) in [5.74, 6) is 2.04. The van der Waals surface area contributed by atoms with E-state index in [-0.39, 0.29) is 6.04 Å². The van der Waals surface area contributed by atoms with Crippen LogP contribution in [-0.2, 0) is 0 Å². The minimum atomic E-state index is 0.197. The number of methoxy groups -OCH3 is 1.